The van der Waals surface area contributed by atoms with Crippen molar-refractivity contribution >= 4 is 22.9 Å². The second-order valence-corrected chi connectivity index (χ2v) is 5.01. The van der Waals surface area contributed by atoms with Crippen LogP contribution in [0.1, 0.15) is 41.9 Å². The van der Waals surface area contributed by atoms with Crippen molar-refractivity contribution in [3.63, 3.8) is 0 Å². The summed E-state index contributed by atoms with van der Waals surface area (Å²) in [5.41, 5.74) is 0.961. The topological polar surface area (TPSA) is 73.1 Å². The van der Waals surface area contributed by atoms with Gasteiger partial charge in [0.1, 0.15) is 0 Å². The Balaban J connectivity index is 2.40. The van der Waals surface area contributed by atoms with E-state index in [1.807, 2.05) is 13.8 Å². The van der Waals surface area contributed by atoms with E-state index in [9.17, 15) is 9.59 Å². The van der Waals surface area contributed by atoms with E-state index < -0.39 is 0 Å². The Hall–Kier alpha value is -1.82. The molecule has 16 heavy (non-hydrogen) atoms. The molecule has 6 heteroatoms. The van der Waals surface area contributed by atoms with E-state index in [0.717, 1.165) is 9.75 Å². The monoisotopic (exact) mass is 234 g/mol. The van der Waals surface area contributed by atoms with Gasteiger partial charge >= 0.3 is 0 Å². The van der Waals surface area contributed by atoms with Crippen molar-refractivity contribution < 1.29 is 14.2 Å². The maximum atomic E-state index is 12.0. The first kappa shape index (κ1) is 9.41. The summed E-state index contributed by atoms with van der Waals surface area (Å²) in [4.78, 5) is 25.7. The van der Waals surface area contributed by atoms with E-state index in [2.05, 4.69) is 14.9 Å². The number of thiophene rings is 1. The summed E-state index contributed by atoms with van der Waals surface area (Å²) in [5, 5.41) is 6.97. The third kappa shape index (κ3) is 0.943. The number of aromatic nitrogens is 2. The second kappa shape index (κ2) is 2.85. The van der Waals surface area contributed by atoms with Crippen LogP contribution in [-0.2, 0) is 0 Å². The molecule has 0 unspecified atom stereocenters. The molecule has 5 nitrogen and oxygen atoms in total. The molecule has 2 aromatic rings. The average molecular weight is 234 g/mol. The lowest BCUT2D eigenvalue weighted by Gasteiger charge is -2.07. The first-order chi connectivity index (χ1) is 7.61. The number of carbonyl (C=O) groups excluding carboxylic acids is 2. The fourth-order valence-corrected chi connectivity index (χ4v) is 3.01. The molecule has 2 heterocycles. The predicted octanol–water partition coefficient (Wildman–Crippen LogP) is 1.52. The lowest BCUT2D eigenvalue weighted by atomic mass is 9.91. The molecule has 0 saturated heterocycles. The summed E-state index contributed by atoms with van der Waals surface area (Å²) in [5.74, 6) is -0.541. The minimum Gasteiger partial charge on any atom is -0.287 e. The minimum absolute atomic E-state index is 0.0263. The second-order valence-electron chi connectivity index (χ2n) is 3.58. The zero-order valence-corrected chi connectivity index (χ0v) is 9.34. The number of hydrogen-bond donors (Lipinski definition) is 0. The molecule has 0 saturated carbocycles. The lowest BCUT2D eigenvalue weighted by molar-refractivity contribution is 0.0974. The van der Waals surface area contributed by atoms with E-state index in [-0.39, 0.29) is 23.0 Å². The van der Waals surface area contributed by atoms with Crippen LogP contribution >= 0.6 is 11.3 Å². The van der Waals surface area contributed by atoms with Gasteiger partial charge in [0.05, 0.1) is 0 Å². The van der Waals surface area contributed by atoms with Crippen molar-refractivity contribution in [2.24, 2.45) is 0 Å². The van der Waals surface area contributed by atoms with Crippen LogP contribution in [-0.4, -0.2) is 21.9 Å². The Kier molecular flexibility index (Phi) is 1.68. The van der Waals surface area contributed by atoms with Gasteiger partial charge in [-0.2, -0.15) is 0 Å². The lowest BCUT2D eigenvalue weighted by Crippen LogP contribution is -2.20. The number of fused-ring (bicyclic) bond motifs is 2. The van der Waals surface area contributed by atoms with Gasteiger partial charge in [0, 0.05) is 20.9 Å². The predicted molar refractivity (Wildman–Crippen MR) is 55.0 cm³/mol. The molecular weight excluding hydrogens is 228 g/mol. The van der Waals surface area contributed by atoms with Gasteiger partial charge < -0.3 is 0 Å². The molecule has 2 aromatic heterocycles. The van der Waals surface area contributed by atoms with Crippen LogP contribution in [0.4, 0.5) is 0 Å². The normalized spacial score (nSPS) is 13.9. The van der Waals surface area contributed by atoms with Crippen molar-refractivity contribution in [3.05, 3.63) is 32.3 Å². The average Bonchev–Trinajstić information content (AvgIpc) is 2.80. The van der Waals surface area contributed by atoms with Gasteiger partial charge in [0.15, 0.2) is 11.4 Å². The molecule has 0 aliphatic heterocycles. The van der Waals surface area contributed by atoms with E-state index in [0.29, 0.717) is 11.1 Å². The van der Waals surface area contributed by atoms with Crippen LogP contribution in [0.25, 0.3) is 0 Å². The van der Waals surface area contributed by atoms with Crippen LogP contribution in [0.15, 0.2) is 4.63 Å². The van der Waals surface area contributed by atoms with Crippen LogP contribution < -0.4 is 0 Å². The van der Waals surface area contributed by atoms with Crippen LogP contribution in [0.2, 0.25) is 0 Å². The number of carbonyl (C=O) groups is 2. The Bertz CT molecular complexity index is 588. The Morgan fingerprint density at radius 1 is 0.938 bits per heavy atom. The fraction of sp³-hybridized carbons (Fsp3) is 0.200. The van der Waals surface area contributed by atoms with Crippen LogP contribution in [0.3, 0.4) is 0 Å². The zero-order valence-electron chi connectivity index (χ0n) is 8.53. The van der Waals surface area contributed by atoms with Gasteiger partial charge in [-0.3, -0.25) is 9.59 Å². The third-order valence-electron chi connectivity index (χ3n) is 2.63. The quantitative estimate of drug-likeness (QED) is 0.589. The van der Waals surface area contributed by atoms with Crippen molar-refractivity contribution in [1.29, 1.82) is 0 Å². The number of ketones is 2. The van der Waals surface area contributed by atoms with E-state index >= 15 is 0 Å². The Morgan fingerprint density at radius 2 is 1.38 bits per heavy atom. The van der Waals surface area contributed by atoms with Crippen LogP contribution in [0.5, 0.6) is 0 Å². The van der Waals surface area contributed by atoms with E-state index in [1.54, 1.807) is 0 Å². The molecule has 0 bridgehead atoms. The Morgan fingerprint density at radius 3 is 1.81 bits per heavy atom. The molecule has 0 spiro atoms. The number of aryl methyl sites for hydroxylation is 2. The zero-order chi connectivity index (χ0) is 11.4. The molecule has 0 aromatic carbocycles. The molecule has 0 fully saturated rings. The fourth-order valence-electron chi connectivity index (χ4n) is 1.95. The first-order valence-electron chi connectivity index (χ1n) is 4.63. The van der Waals surface area contributed by atoms with Gasteiger partial charge in [-0.05, 0) is 24.2 Å². The van der Waals surface area contributed by atoms with Crippen molar-refractivity contribution in [1.82, 2.24) is 10.3 Å². The standard InChI is InChI=1S/C10H6N2O3S/c1-3-5-6(4(2)16-3)10(14)8-7(9(5)13)11-15-12-8/h1-2H3. The highest BCUT2D eigenvalue weighted by Gasteiger charge is 2.38. The third-order valence-corrected chi connectivity index (χ3v) is 3.65. The highest BCUT2D eigenvalue weighted by atomic mass is 32.1. The Labute approximate surface area is 94.0 Å². The number of rotatable bonds is 0. The number of nitrogens with zero attached hydrogens (tertiary/aromatic N) is 2. The maximum absolute atomic E-state index is 12.0. The summed E-state index contributed by atoms with van der Waals surface area (Å²) in [6, 6.07) is 0. The largest absolute Gasteiger partial charge is 0.287 e. The van der Waals surface area contributed by atoms with Crippen LogP contribution in [0, 0.1) is 13.8 Å². The summed E-state index contributed by atoms with van der Waals surface area (Å²) < 4.78 is 4.45. The maximum Gasteiger partial charge on any atom is 0.219 e. The van der Waals surface area contributed by atoms with Gasteiger partial charge in [0.2, 0.25) is 11.6 Å². The molecule has 1 aliphatic carbocycles. The van der Waals surface area contributed by atoms with Gasteiger partial charge in [-0.15, -0.1) is 11.3 Å². The minimum atomic E-state index is -0.271. The van der Waals surface area contributed by atoms with Crippen molar-refractivity contribution in [2.75, 3.05) is 0 Å². The molecule has 0 N–H and O–H groups in total. The molecular formula is C10H6N2O3S. The molecule has 0 atom stereocenters. The van der Waals surface area contributed by atoms with E-state index in [4.69, 9.17) is 0 Å². The smallest absolute Gasteiger partial charge is 0.219 e. The number of hydrogen-bond acceptors (Lipinski definition) is 6. The summed E-state index contributed by atoms with van der Waals surface area (Å²) in [7, 11) is 0. The van der Waals surface area contributed by atoms with Crippen molar-refractivity contribution in [2.45, 2.75) is 13.8 Å². The summed E-state index contributed by atoms with van der Waals surface area (Å²) in [6.45, 7) is 3.64. The van der Waals surface area contributed by atoms with Gasteiger partial charge in [-0.1, -0.05) is 0 Å². The SMILES string of the molecule is Cc1sc(C)c2c1C(=O)c1nonc1C2=O. The summed E-state index contributed by atoms with van der Waals surface area (Å²) >= 11 is 1.44. The van der Waals surface area contributed by atoms with Crippen molar-refractivity contribution in [3.8, 4) is 0 Å². The molecule has 0 radical (unpaired) electrons. The molecule has 0 amide bonds. The first-order valence-corrected chi connectivity index (χ1v) is 5.45. The summed E-state index contributed by atoms with van der Waals surface area (Å²) in [6.07, 6.45) is 0. The van der Waals surface area contributed by atoms with Gasteiger partial charge in [-0.25, -0.2) is 4.63 Å². The van der Waals surface area contributed by atoms with E-state index in [1.165, 1.54) is 11.3 Å². The molecule has 80 valence electrons. The molecule has 3 rings (SSSR count). The van der Waals surface area contributed by atoms with Gasteiger partial charge in [0.25, 0.3) is 0 Å². The highest BCUT2D eigenvalue weighted by Crippen LogP contribution is 2.34. The molecule has 1 aliphatic rings. The highest BCUT2D eigenvalue weighted by molar-refractivity contribution is 7.12.